The quantitative estimate of drug-likeness (QED) is 0.170. The fraction of sp³-hybridized carbons (Fsp3) is 0. The van der Waals surface area contributed by atoms with Gasteiger partial charge in [-0.25, -0.2) is 15.0 Å². The lowest BCUT2D eigenvalue weighted by Crippen LogP contribution is -2.06. The van der Waals surface area contributed by atoms with Gasteiger partial charge in [0, 0.05) is 33.0 Å². The normalized spacial score (nSPS) is 11.6. The van der Waals surface area contributed by atoms with Gasteiger partial charge in [0.05, 0.1) is 16.4 Å². The standard InChI is InChI=1S/C49H30N6O/c1-5-15-31(16-6-1)32-25-27-36(28-26-32)48-52-47(35-21-11-4-12-22-35)53-49(54-48)55-38-24-14-13-23-37(38)41-39(55)29-30-40-42(41)44-45(56-40)43(33-17-7-2-8-18-33)50-46(51-44)34-19-9-3-10-20-34/h1-30H. The molecule has 0 saturated heterocycles. The molecule has 0 spiro atoms. The molecule has 7 heteroatoms. The van der Waals surface area contributed by atoms with Crippen molar-refractivity contribution in [2.24, 2.45) is 0 Å². The van der Waals surface area contributed by atoms with E-state index in [-0.39, 0.29) is 0 Å². The van der Waals surface area contributed by atoms with Crippen LogP contribution in [-0.4, -0.2) is 29.5 Å². The van der Waals surface area contributed by atoms with E-state index in [1.807, 2.05) is 97.1 Å². The van der Waals surface area contributed by atoms with E-state index in [0.29, 0.717) is 29.0 Å². The summed E-state index contributed by atoms with van der Waals surface area (Å²) in [5.41, 5.74) is 10.7. The van der Waals surface area contributed by atoms with E-state index < -0.39 is 0 Å². The Bertz CT molecular complexity index is 3210. The molecular formula is C49H30N6O. The van der Waals surface area contributed by atoms with Crippen molar-refractivity contribution in [3.8, 4) is 62.5 Å². The lowest BCUT2D eigenvalue weighted by molar-refractivity contribution is 0.667. The molecule has 0 aliphatic carbocycles. The Labute approximate surface area is 321 Å². The molecule has 0 amide bonds. The number of rotatable bonds is 6. The van der Waals surface area contributed by atoms with E-state index in [4.69, 9.17) is 29.3 Å². The molecule has 262 valence electrons. The molecule has 0 radical (unpaired) electrons. The molecule has 11 aromatic rings. The minimum atomic E-state index is 0.518. The highest BCUT2D eigenvalue weighted by Gasteiger charge is 2.24. The Morgan fingerprint density at radius 2 is 0.857 bits per heavy atom. The van der Waals surface area contributed by atoms with Crippen LogP contribution in [0, 0.1) is 0 Å². The number of fused-ring (bicyclic) bond motifs is 7. The summed E-state index contributed by atoms with van der Waals surface area (Å²) in [4.78, 5) is 25.7. The van der Waals surface area contributed by atoms with Crippen molar-refractivity contribution < 1.29 is 4.42 Å². The van der Waals surface area contributed by atoms with Gasteiger partial charge in [-0.05, 0) is 29.3 Å². The van der Waals surface area contributed by atoms with Crippen molar-refractivity contribution in [3.63, 3.8) is 0 Å². The number of furan rings is 1. The van der Waals surface area contributed by atoms with Gasteiger partial charge >= 0.3 is 0 Å². The first-order valence-corrected chi connectivity index (χ1v) is 18.5. The second-order valence-electron chi connectivity index (χ2n) is 13.7. The number of aromatic nitrogens is 6. The van der Waals surface area contributed by atoms with E-state index >= 15 is 0 Å². The van der Waals surface area contributed by atoms with Gasteiger partial charge < -0.3 is 4.42 Å². The van der Waals surface area contributed by atoms with Crippen LogP contribution in [-0.2, 0) is 0 Å². The zero-order valence-corrected chi connectivity index (χ0v) is 29.9. The van der Waals surface area contributed by atoms with Gasteiger partial charge in [0.25, 0.3) is 0 Å². The Kier molecular flexibility index (Phi) is 7.35. The van der Waals surface area contributed by atoms with E-state index in [1.54, 1.807) is 0 Å². The highest BCUT2D eigenvalue weighted by molar-refractivity contribution is 6.27. The summed E-state index contributed by atoms with van der Waals surface area (Å²) >= 11 is 0. The van der Waals surface area contributed by atoms with Crippen LogP contribution in [0.5, 0.6) is 0 Å². The monoisotopic (exact) mass is 718 g/mol. The van der Waals surface area contributed by atoms with Gasteiger partial charge in [-0.15, -0.1) is 0 Å². The number of benzene rings is 7. The van der Waals surface area contributed by atoms with Crippen LogP contribution in [0.1, 0.15) is 0 Å². The lowest BCUT2D eigenvalue weighted by atomic mass is 10.0. The summed E-state index contributed by atoms with van der Waals surface area (Å²) in [6.45, 7) is 0. The maximum atomic E-state index is 6.72. The van der Waals surface area contributed by atoms with Crippen molar-refractivity contribution in [1.29, 1.82) is 0 Å². The molecule has 0 atom stereocenters. The number of para-hydroxylation sites is 1. The molecule has 0 aliphatic rings. The predicted octanol–water partition coefficient (Wildman–Crippen LogP) is 12.0. The van der Waals surface area contributed by atoms with Crippen LogP contribution in [0.3, 0.4) is 0 Å². The van der Waals surface area contributed by atoms with Gasteiger partial charge in [-0.3, -0.25) is 4.57 Å². The van der Waals surface area contributed by atoms with Crippen LogP contribution in [0.2, 0.25) is 0 Å². The molecule has 4 heterocycles. The molecule has 0 fully saturated rings. The Morgan fingerprint density at radius 3 is 1.50 bits per heavy atom. The maximum absolute atomic E-state index is 6.72. The number of hydrogen-bond acceptors (Lipinski definition) is 6. The van der Waals surface area contributed by atoms with Gasteiger partial charge in [-0.1, -0.05) is 164 Å². The maximum Gasteiger partial charge on any atom is 0.238 e. The molecule has 56 heavy (non-hydrogen) atoms. The Morgan fingerprint density at radius 1 is 0.357 bits per heavy atom. The first-order chi connectivity index (χ1) is 27.8. The third-order valence-electron chi connectivity index (χ3n) is 10.3. The van der Waals surface area contributed by atoms with Crippen molar-refractivity contribution in [1.82, 2.24) is 29.5 Å². The number of hydrogen-bond donors (Lipinski definition) is 0. The minimum Gasteiger partial charge on any atom is -0.452 e. The highest BCUT2D eigenvalue weighted by atomic mass is 16.3. The predicted molar refractivity (Wildman–Crippen MR) is 224 cm³/mol. The third-order valence-corrected chi connectivity index (χ3v) is 10.3. The molecule has 0 bridgehead atoms. The molecule has 0 aliphatic heterocycles. The number of nitrogens with zero attached hydrogens (tertiary/aromatic N) is 6. The van der Waals surface area contributed by atoms with E-state index in [2.05, 4.69) is 89.5 Å². The summed E-state index contributed by atoms with van der Waals surface area (Å²) < 4.78 is 8.86. The zero-order chi connectivity index (χ0) is 37.0. The minimum absolute atomic E-state index is 0.518. The zero-order valence-electron chi connectivity index (χ0n) is 29.9. The van der Waals surface area contributed by atoms with Crippen LogP contribution in [0.15, 0.2) is 186 Å². The lowest BCUT2D eigenvalue weighted by Gasteiger charge is -2.11. The van der Waals surface area contributed by atoms with Gasteiger partial charge in [0.1, 0.15) is 16.8 Å². The summed E-state index contributed by atoms with van der Waals surface area (Å²) in [6.07, 6.45) is 0. The second kappa shape index (κ2) is 13.0. The van der Waals surface area contributed by atoms with Crippen molar-refractivity contribution in [2.45, 2.75) is 0 Å². The Balaban J connectivity index is 1.18. The van der Waals surface area contributed by atoms with Crippen LogP contribution >= 0.6 is 0 Å². The molecule has 7 aromatic carbocycles. The first-order valence-electron chi connectivity index (χ1n) is 18.5. The van der Waals surface area contributed by atoms with Gasteiger partial charge in [0.2, 0.25) is 5.95 Å². The molecule has 4 aromatic heterocycles. The SMILES string of the molecule is c1ccc(-c2ccc(-c3nc(-c4ccccc4)nc(-n4c5ccccc5c5c6c(ccc54)oc4c(-c5ccccc5)nc(-c5ccccc5)nc46)n3)cc2)cc1. The second-order valence-corrected chi connectivity index (χ2v) is 13.7. The fourth-order valence-corrected chi connectivity index (χ4v) is 7.66. The average Bonchev–Trinajstić information content (AvgIpc) is 3.83. The topological polar surface area (TPSA) is 82.5 Å². The van der Waals surface area contributed by atoms with E-state index in [0.717, 1.165) is 77.4 Å². The molecule has 7 nitrogen and oxygen atoms in total. The Hall–Kier alpha value is -7.77. The first kappa shape index (κ1) is 31.7. The molecular weight excluding hydrogens is 689 g/mol. The third kappa shape index (κ3) is 5.25. The average molecular weight is 719 g/mol. The largest absolute Gasteiger partial charge is 0.452 e. The van der Waals surface area contributed by atoms with Crippen LogP contribution < -0.4 is 0 Å². The smallest absolute Gasteiger partial charge is 0.238 e. The van der Waals surface area contributed by atoms with Crippen LogP contribution in [0.25, 0.3) is 106 Å². The summed E-state index contributed by atoms with van der Waals surface area (Å²) in [5.74, 6) is 2.32. The molecule has 0 N–H and O–H groups in total. The molecule has 0 unspecified atom stereocenters. The molecule has 0 saturated carbocycles. The molecule has 11 rings (SSSR count). The van der Waals surface area contributed by atoms with Crippen LogP contribution in [0.4, 0.5) is 0 Å². The van der Waals surface area contributed by atoms with E-state index in [1.165, 1.54) is 0 Å². The van der Waals surface area contributed by atoms with Gasteiger partial charge in [0.15, 0.2) is 23.1 Å². The van der Waals surface area contributed by atoms with E-state index in [9.17, 15) is 0 Å². The van der Waals surface area contributed by atoms with Crippen molar-refractivity contribution in [3.05, 3.63) is 182 Å². The van der Waals surface area contributed by atoms with Crippen molar-refractivity contribution in [2.75, 3.05) is 0 Å². The highest BCUT2D eigenvalue weighted by Crippen LogP contribution is 2.43. The summed E-state index contributed by atoms with van der Waals surface area (Å²) in [5, 5.41) is 2.95. The summed E-state index contributed by atoms with van der Waals surface area (Å²) in [6, 6.07) is 61.6. The fourth-order valence-electron chi connectivity index (χ4n) is 7.66. The van der Waals surface area contributed by atoms with Gasteiger partial charge in [-0.2, -0.15) is 9.97 Å². The van der Waals surface area contributed by atoms with Crippen molar-refractivity contribution >= 4 is 43.9 Å². The summed E-state index contributed by atoms with van der Waals surface area (Å²) in [7, 11) is 0.